The number of aryl methyl sites for hydroxylation is 1. The van der Waals surface area contributed by atoms with Crippen LogP contribution in [0.4, 0.5) is 0 Å². The van der Waals surface area contributed by atoms with Crippen molar-refractivity contribution in [3.63, 3.8) is 0 Å². The van der Waals surface area contributed by atoms with Gasteiger partial charge in [0.15, 0.2) is 0 Å². The van der Waals surface area contributed by atoms with E-state index in [4.69, 9.17) is 4.74 Å². The van der Waals surface area contributed by atoms with Gasteiger partial charge in [-0.1, -0.05) is 0 Å². The summed E-state index contributed by atoms with van der Waals surface area (Å²) >= 11 is 0. The van der Waals surface area contributed by atoms with Crippen molar-refractivity contribution in [3.8, 4) is 0 Å². The van der Waals surface area contributed by atoms with Crippen LogP contribution in [0.15, 0.2) is 18.3 Å². The molecule has 0 amide bonds. The zero-order chi connectivity index (χ0) is 11.2. The molecule has 2 atom stereocenters. The van der Waals surface area contributed by atoms with E-state index in [1.807, 2.05) is 19.1 Å². The highest BCUT2D eigenvalue weighted by atomic mass is 16.5. The molecule has 3 nitrogen and oxygen atoms in total. The minimum Gasteiger partial charge on any atom is -0.385 e. The molecular formula is C13H17NO2. The van der Waals surface area contributed by atoms with Crippen molar-refractivity contribution in [1.29, 1.82) is 0 Å². The fourth-order valence-electron chi connectivity index (χ4n) is 2.99. The summed E-state index contributed by atoms with van der Waals surface area (Å²) in [6.07, 6.45) is 5.92. The molecule has 1 aromatic rings. The van der Waals surface area contributed by atoms with Gasteiger partial charge < -0.3 is 9.84 Å². The van der Waals surface area contributed by atoms with Crippen LogP contribution in [-0.2, 0) is 10.3 Å². The van der Waals surface area contributed by atoms with E-state index in [0.717, 1.165) is 36.9 Å². The van der Waals surface area contributed by atoms with Crippen molar-refractivity contribution in [2.45, 2.75) is 50.4 Å². The van der Waals surface area contributed by atoms with Gasteiger partial charge in [-0.3, -0.25) is 4.98 Å². The van der Waals surface area contributed by atoms with Gasteiger partial charge in [-0.25, -0.2) is 0 Å². The number of hydrogen-bond donors (Lipinski definition) is 1. The molecule has 2 aliphatic heterocycles. The minimum atomic E-state index is -0.697. The van der Waals surface area contributed by atoms with Gasteiger partial charge >= 0.3 is 0 Å². The molecule has 3 rings (SSSR count). The summed E-state index contributed by atoms with van der Waals surface area (Å²) in [4.78, 5) is 4.18. The Labute approximate surface area is 95.5 Å². The van der Waals surface area contributed by atoms with Crippen LogP contribution in [0, 0.1) is 6.92 Å². The van der Waals surface area contributed by atoms with Crippen molar-refractivity contribution < 1.29 is 9.84 Å². The summed E-state index contributed by atoms with van der Waals surface area (Å²) in [5.74, 6) is 0. The van der Waals surface area contributed by atoms with Crippen molar-refractivity contribution in [3.05, 3.63) is 29.6 Å². The normalized spacial score (nSPS) is 37.6. The second-order valence-electron chi connectivity index (χ2n) is 5.08. The van der Waals surface area contributed by atoms with Crippen LogP contribution in [0.1, 0.15) is 36.9 Å². The first-order chi connectivity index (χ1) is 7.66. The fourth-order valence-corrected chi connectivity index (χ4v) is 2.99. The van der Waals surface area contributed by atoms with Gasteiger partial charge in [0.05, 0.1) is 17.8 Å². The van der Waals surface area contributed by atoms with Crippen molar-refractivity contribution >= 4 is 0 Å². The predicted molar refractivity (Wildman–Crippen MR) is 60.0 cm³/mol. The maximum Gasteiger partial charge on any atom is 0.0947 e. The number of nitrogens with zero attached hydrogens (tertiary/aromatic N) is 1. The van der Waals surface area contributed by atoms with E-state index in [-0.39, 0.29) is 12.2 Å². The van der Waals surface area contributed by atoms with Gasteiger partial charge in [0.1, 0.15) is 0 Å². The van der Waals surface area contributed by atoms with Crippen LogP contribution in [0.2, 0.25) is 0 Å². The van der Waals surface area contributed by atoms with E-state index in [2.05, 4.69) is 4.98 Å². The maximum atomic E-state index is 10.7. The number of pyridine rings is 1. The minimum absolute atomic E-state index is 0.247. The van der Waals surface area contributed by atoms with Crippen LogP contribution in [0.25, 0.3) is 0 Å². The van der Waals surface area contributed by atoms with Gasteiger partial charge in [0.2, 0.25) is 0 Å². The molecule has 86 valence electrons. The van der Waals surface area contributed by atoms with Crippen LogP contribution in [0.5, 0.6) is 0 Å². The summed E-state index contributed by atoms with van der Waals surface area (Å²) in [6.45, 7) is 1.96. The summed E-state index contributed by atoms with van der Waals surface area (Å²) in [5, 5.41) is 10.7. The Bertz CT molecular complexity index is 393. The monoisotopic (exact) mass is 219 g/mol. The van der Waals surface area contributed by atoms with Crippen molar-refractivity contribution in [1.82, 2.24) is 4.98 Å². The summed E-state index contributed by atoms with van der Waals surface area (Å²) in [5.41, 5.74) is 1.27. The van der Waals surface area contributed by atoms with E-state index >= 15 is 0 Å². The summed E-state index contributed by atoms with van der Waals surface area (Å²) in [6, 6.07) is 3.92. The Kier molecular flexibility index (Phi) is 2.26. The first kappa shape index (κ1) is 10.2. The molecule has 3 heterocycles. The van der Waals surface area contributed by atoms with Crippen LogP contribution in [0.3, 0.4) is 0 Å². The van der Waals surface area contributed by atoms with Gasteiger partial charge in [-0.2, -0.15) is 0 Å². The molecule has 0 radical (unpaired) electrons. The molecule has 2 fully saturated rings. The lowest BCUT2D eigenvalue weighted by atomic mass is 9.84. The Morgan fingerprint density at radius 1 is 1.38 bits per heavy atom. The molecule has 1 aromatic heterocycles. The Morgan fingerprint density at radius 3 is 2.69 bits per heavy atom. The second kappa shape index (κ2) is 3.54. The van der Waals surface area contributed by atoms with E-state index < -0.39 is 5.60 Å². The number of ether oxygens (including phenoxy) is 1. The third-order valence-electron chi connectivity index (χ3n) is 3.76. The number of aromatic nitrogens is 1. The second-order valence-corrected chi connectivity index (χ2v) is 5.08. The van der Waals surface area contributed by atoms with Gasteiger partial charge in [-0.15, -0.1) is 0 Å². The largest absolute Gasteiger partial charge is 0.385 e. The van der Waals surface area contributed by atoms with Gasteiger partial charge in [0, 0.05) is 24.7 Å². The Morgan fingerprint density at radius 2 is 2.06 bits per heavy atom. The predicted octanol–water partition coefficient (Wildman–Crippen LogP) is 1.92. The van der Waals surface area contributed by atoms with E-state index in [0.29, 0.717) is 0 Å². The molecule has 2 bridgehead atoms. The molecule has 0 aromatic carbocycles. The van der Waals surface area contributed by atoms with Crippen LogP contribution < -0.4 is 0 Å². The third-order valence-corrected chi connectivity index (χ3v) is 3.76. The van der Waals surface area contributed by atoms with E-state index in [1.165, 1.54) is 0 Å². The Hall–Kier alpha value is -0.930. The lowest BCUT2D eigenvalue weighted by Gasteiger charge is -2.36. The molecule has 2 aliphatic rings. The number of fused-ring (bicyclic) bond motifs is 2. The molecular weight excluding hydrogens is 202 g/mol. The zero-order valence-corrected chi connectivity index (χ0v) is 9.52. The first-order valence-electron chi connectivity index (χ1n) is 5.97. The molecule has 2 unspecified atom stereocenters. The smallest absolute Gasteiger partial charge is 0.0947 e. The maximum absolute atomic E-state index is 10.7. The molecule has 0 saturated carbocycles. The number of rotatable bonds is 1. The standard InChI is InChI=1S/C13H17NO2/c1-9-6-10(4-5-14-9)13(15)7-11-2-3-12(8-13)16-11/h4-6,11-12,15H,2-3,7-8H2,1H3. The summed E-state index contributed by atoms with van der Waals surface area (Å²) in [7, 11) is 0. The number of hydrogen-bond acceptors (Lipinski definition) is 3. The average molecular weight is 219 g/mol. The molecule has 0 aliphatic carbocycles. The van der Waals surface area contributed by atoms with Crippen molar-refractivity contribution in [2.75, 3.05) is 0 Å². The zero-order valence-electron chi connectivity index (χ0n) is 9.52. The van der Waals surface area contributed by atoms with E-state index in [1.54, 1.807) is 6.20 Å². The molecule has 1 N–H and O–H groups in total. The highest BCUT2D eigenvalue weighted by molar-refractivity contribution is 5.24. The first-order valence-corrected chi connectivity index (χ1v) is 5.97. The van der Waals surface area contributed by atoms with Gasteiger partial charge in [0.25, 0.3) is 0 Å². The van der Waals surface area contributed by atoms with Crippen LogP contribution >= 0.6 is 0 Å². The lowest BCUT2D eigenvalue weighted by Crippen LogP contribution is -2.38. The third kappa shape index (κ3) is 1.64. The SMILES string of the molecule is Cc1cc(C2(O)CC3CCC(C2)O3)ccn1. The topological polar surface area (TPSA) is 42.4 Å². The molecule has 3 heteroatoms. The molecule has 0 spiro atoms. The van der Waals surface area contributed by atoms with Crippen LogP contribution in [-0.4, -0.2) is 22.3 Å². The highest BCUT2D eigenvalue weighted by Crippen LogP contribution is 2.43. The summed E-state index contributed by atoms with van der Waals surface area (Å²) < 4.78 is 5.77. The number of aliphatic hydroxyl groups is 1. The molecule has 2 saturated heterocycles. The van der Waals surface area contributed by atoms with E-state index in [9.17, 15) is 5.11 Å². The lowest BCUT2D eigenvalue weighted by molar-refractivity contribution is -0.115. The highest BCUT2D eigenvalue weighted by Gasteiger charge is 2.44. The quantitative estimate of drug-likeness (QED) is 0.784. The molecule has 16 heavy (non-hydrogen) atoms. The fraction of sp³-hybridized carbons (Fsp3) is 0.615. The average Bonchev–Trinajstić information content (AvgIpc) is 2.59. The Balaban J connectivity index is 1.93. The van der Waals surface area contributed by atoms with Crippen molar-refractivity contribution in [2.24, 2.45) is 0 Å². The van der Waals surface area contributed by atoms with Gasteiger partial charge in [-0.05, 0) is 37.5 Å².